The molecule has 1 fully saturated rings. The molecule has 1 aliphatic heterocycles. The SMILES string of the molecule is Cc1ccn(-c2cc(N3CCN(c4nc5c(s4)CCC5)CC3)ncn2)n1. The number of piperazine rings is 1. The van der Waals surface area contributed by atoms with Gasteiger partial charge in [0.1, 0.15) is 12.1 Å². The van der Waals surface area contributed by atoms with Crippen LogP contribution in [0.2, 0.25) is 0 Å². The van der Waals surface area contributed by atoms with Gasteiger partial charge in [0.05, 0.1) is 11.4 Å². The summed E-state index contributed by atoms with van der Waals surface area (Å²) in [5.74, 6) is 1.77. The molecule has 0 spiro atoms. The number of aromatic nitrogens is 5. The summed E-state index contributed by atoms with van der Waals surface area (Å²) >= 11 is 1.89. The zero-order chi connectivity index (χ0) is 17.5. The summed E-state index contributed by atoms with van der Waals surface area (Å²) in [6.07, 6.45) is 7.19. The van der Waals surface area contributed by atoms with Gasteiger partial charge in [-0.15, -0.1) is 11.3 Å². The first-order chi connectivity index (χ1) is 12.8. The lowest BCUT2D eigenvalue weighted by Crippen LogP contribution is -2.46. The highest BCUT2D eigenvalue weighted by molar-refractivity contribution is 7.15. The molecule has 7 nitrogen and oxygen atoms in total. The summed E-state index contributed by atoms with van der Waals surface area (Å²) in [6.45, 7) is 5.82. The first-order valence-corrected chi connectivity index (χ1v) is 9.91. The highest BCUT2D eigenvalue weighted by Gasteiger charge is 2.24. The number of hydrogen-bond acceptors (Lipinski definition) is 7. The fourth-order valence-electron chi connectivity index (χ4n) is 3.62. The van der Waals surface area contributed by atoms with E-state index < -0.39 is 0 Å². The number of aryl methyl sites for hydroxylation is 3. The van der Waals surface area contributed by atoms with E-state index in [4.69, 9.17) is 4.98 Å². The lowest BCUT2D eigenvalue weighted by molar-refractivity contribution is 0.643. The van der Waals surface area contributed by atoms with Crippen LogP contribution in [0.4, 0.5) is 10.9 Å². The van der Waals surface area contributed by atoms with Crippen molar-refractivity contribution in [3.8, 4) is 5.82 Å². The largest absolute Gasteiger partial charge is 0.353 e. The minimum absolute atomic E-state index is 0.807. The van der Waals surface area contributed by atoms with Crippen LogP contribution in [0.15, 0.2) is 24.7 Å². The van der Waals surface area contributed by atoms with E-state index in [0.717, 1.165) is 49.9 Å². The molecule has 0 saturated carbocycles. The van der Waals surface area contributed by atoms with Gasteiger partial charge >= 0.3 is 0 Å². The Morgan fingerprint density at radius 3 is 2.58 bits per heavy atom. The molecule has 5 rings (SSSR count). The highest BCUT2D eigenvalue weighted by Crippen LogP contribution is 2.33. The van der Waals surface area contributed by atoms with Crippen LogP contribution >= 0.6 is 11.3 Å². The lowest BCUT2D eigenvalue weighted by Gasteiger charge is -2.35. The van der Waals surface area contributed by atoms with Crippen molar-refractivity contribution in [3.63, 3.8) is 0 Å². The second-order valence-corrected chi connectivity index (χ2v) is 7.89. The van der Waals surface area contributed by atoms with Crippen LogP contribution in [0, 0.1) is 6.92 Å². The van der Waals surface area contributed by atoms with Crippen molar-refractivity contribution in [2.45, 2.75) is 26.2 Å². The number of anilines is 2. The summed E-state index contributed by atoms with van der Waals surface area (Å²) < 4.78 is 1.80. The third-order valence-electron chi connectivity index (χ3n) is 5.05. The Morgan fingerprint density at radius 2 is 1.81 bits per heavy atom. The summed E-state index contributed by atoms with van der Waals surface area (Å²) in [7, 11) is 0. The van der Waals surface area contributed by atoms with Crippen molar-refractivity contribution in [1.82, 2.24) is 24.7 Å². The average molecular weight is 367 g/mol. The number of nitrogens with zero attached hydrogens (tertiary/aromatic N) is 7. The quantitative estimate of drug-likeness (QED) is 0.707. The van der Waals surface area contributed by atoms with Crippen LogP contribution < -0.4 is 9.80 Å². The highest BCUT2D eigenvalue weighted by atomic mass is 32.1. The molecule has 0 N–H and O–H groups in total. The molecule has 3 aromatic rings. The van der Waals surface area contributed by atoms with Crippen LogP contribution in [0.3, 0.4) is 0 Å². The predicted molar refractivity (Wildman–Crippen MR) is 102 cm³/mol. The standard InChI is InChI=1S/C18H21N7S/c1-13-5-6-25(22-13)17-11-16(19-12-20-17)23-7-9-24(10-8-23)18-21-14-3-2-4-15(14)26-18/h5-6,11-12H,2-4,7-10H2,1H3. The van der Waals surface area contributed by atoms with Crippen molar-refractivity contribution in [2.75, 3.05) is 36.0 Å². The second kappa shape index (κ2) is 6.35. The van der Waals surface area contributed by atoms with E-state index in [1.165, 1.54) is 28.5 Å². The molecule has 3 aromatic heterocycles. The molecule has 0 atom stereocenters. The van der Waals surface area contributed by atoms with Gasteiger partial charge in [-0.1, -0.05) is 0 Å². The van der Waals surface area contributed by atoms with Crippen LogP contribution in [-0.4, -0.2) is 50.9 Å². The van der Waals surface area contributed by atoms with Gasteiger partial charge in [0.15, 0.2) is 10.9 Å². The normalized spacial score (nSPS) is 17.0. The molecule has 0 unspecified atom stereocenters. The number of thiazole rings is 1. The van der Waals surface area contributed by atoms with Crippen LogP contribution in [0.25, 0.3) is 5.82 Å². The Labute approximate surface area is 156 Å². The molecule has 0 radical (unpaired) electrons. The third-order valence-corrected chi connectivity index (χ3v) is 6.27. The Kier molecular flexibility index (Phi) is 3.85. The average Bonchev–Trinajstić information content (AvgIpc) is 3.38. The van der Waals surface area contributed by atoms with Gasteiger partial charge in [-0.2, -0.15) is 5.10 Å². The van der Waals surface area contributed by atoms with E-state index in [0.29, 0.717) is 0 Å². The van der Waals surface area contributed by atoms with Gasteiger partial charge in [0.25, 0.3) is 0 Å². The minimum Gasteiger partial charge on any atom is -0.353 e. The van der Waals surface area contributed by atoms with Gasteiger partial charge in [-0.3, -0.25) is 0 Å². The molecule has 0 amide bonds. The summed E-state index contributed by atoms with van der Waals surface area (Å²) in [4.78, 5) is 19.9. The van der Waals surface area contributed by atoms with Gasteiger partial charge in [-0.25, -0.2) is 19.6 Å². The molecular formula is C18H21N7S. The number of hydrogen-bond donors (Lipinski definition) is 0. The van der Waals surface area contributed by atoms with Crippen molar-refractivity contribution in [2.24, 2.45) is 0 Å². The lowest BCUT2D eigenvalue weighted by atomic mass is 10.3. The van der Waals surface area contributed by atoms with E-state index in [9.17, 15) is 0 Å². The molecule has 0 bridgehead atoms. The first-order valence-electron chi connectivity index (χ1n) is 9.09. The van der Waals surface area contributed by atoms with Gasteiger partial charge < -0.3 is 9.80 Å². The first kappa shape index (κ1) is 15.7. The topological polar surface area (TPSA) is 63.0 Å². The maximum absolute atomic E-state index is 4.86. The van der Waals surface area contributed by atoms with Crippen molar-refractivity contribution >= 4 is 22.3 Å². The summed E-state index contributed by atoms with van der Waals surface area (Å²) in [6, 6.07) is 3.99. The van der Waals surface area contributed by atoms with Crippen molar-refractivity contribution in [1.29, 1.82) is 0 Å². The van der Waals surface area contributed by atoms with Crippen molar-refractivity contribution < 1.29 is 0 Å². The fourth-order valence-corrected chi connectivity index (χ4v) is 4.82. The van der Waals surface area contributed by atoms with Crippen LogP contribution in [0.5, 0.6) is 0 Å². The van der Waals surface area contributed by atoms with E-state index in [2.05, 4.69) is 24.9 Å². The van der Waals surface area contributed by atoms with E-state index in [1.807, 2.05) is 36.6 Å². The zero-order valence-corrected chi connectivity index (χ0v) is 15.6. The number of rotatable bonds is 3. The molecule has 2 aliphatic rings. The monoisotopic (exact) mass is 367 g/mol. The fraction of sp³-hybridized carbons (Fsp3) is 0.444. The molecule has 0 aromatic carbocycles. The molecule has 8 heteroatoms. The van der Waals surface area contributed by atoms with Crippen molar-refractivity contribution in [3.05, 3.63) is 40.9 Å². The summed E-state index contributed by atoms with van der Waals surface area (Å²) in [5, 5.41) is 5.63. The molecule has 134 valence electrons. The maximum atomic E-state index is 4.86. The zero-order valence-electron chi connectivity index (χ0n) is 14.8. The molecule has 4 heterocycles. The second-order valence-electron chi connectivity index (χ2n) is 6.83. The smallest absolute Gasteiger partial charge is 0.185 e. The Balaban J connectivity index is 1.29. The van der Waals surface area contributed by atoms with E-state index in [-0.39, 0.29) is 0 Å². The third kappa shape index (κ3) is 2.84. The molecule has 1 aliphatic carbocycles. The van der Waals surface area contributed by atoms with Crippen LogP contribution in [-0.2, 0) is 12.8 Å². The molecule has 1 saturated heterocycles. The minimum atomic E-state index is 0.807. The molecular weight excluding hydrogens is 346 g/mol. The van der Waals surface area contributed by atoms with Gasteiger partial charge in [-0.05, 0) is 32.3 Å². The Hall–Kier alpha value is -2.48. The van der Waals surface area contributed by atoms with E-state index in [1.54, 1.807) is 11.0 Å². The Morgan fingerprint density at radius 1 is 1.00 bits per heavy atom. The van der Waals surface area contributed by atoms with Gasteiger partial charge in [0, 0.05) is 43.3 Å². The van der Waals surface area contributed by atoms with Crippen LogP contribution in [0.1, 0.15) is 22.7 Å². The maximum Gasteiger partial charge on any atom is 0.185 e. The number of fused-ring (bicyclic) bond motifs is 1. The molecule has 26 heavy (non-hydrogen) atoms. The van der Waals surface area contributed by atoms with E-state index >= 15 is 0 Å². The predicted octanol–water partition coefficient (Wildman–Crippen LogP) is 2.24. The Bertz CT molecular complexity index is 902. The van der Waals surface area contributed by atoms with Gasteiger partial charge in [0.2, 0.25) is 0 Å². The summed E-state index contributed by atoms with van der Waals surface area (Å²) in [5.41, 5.74) is 2.32.